The zero-order valence-electron chi connectivity index (χ0n) is 19.9. The summed E-state index contributed by atoms with van der Waals surface area (Å²) < 4.78 is 26.6. The van der Waals surface area contributed by atoms with E-state index in [4.69, 9.17) is 0 Å². The van der Waals surface area contributed by atoms with Crippen molar-refractivity contribution in [2.24, 2.45) is 0 Å². The van der Waals surface area contributed by atoms with Gasteiger partial charge in [0.05, 0.1) is 0 Å². The van der Waals surface area contributed by atoms with Gasteiger partial charge in [-0.05, 0) is 55.4 Å². The Morgan fingerprint density at radius 3 is 1.86 bits per heavy atom. The van der Waals surface area contributed by atoms with Crippen LogP contribution in [0, 0.1) is 11.6 Å². The van der Waals surface area contributed by atoms with E-state index >= 15 is 0 Å². The molecule has 0 atom stereocenters. The Bertz CT molecular complexity index is 1010. The standard InChI is InChI=1S/C27H32F2N4O2/c28-24-19-22(20-25(29)21-24)7-8-26(34)32-15-11-30(12-16-32)9-4-10-31-13-17-33(18-14-31)27(35)23-5-2-1-3-6-23/h1-3,5-8,19-21H,4,9-18H2/b8-7+. The van der Waals surface area contributed by atoms with E-state index in [1.54, 1.807) is 4.90 Å². The average Bonchev–Trinajstić information content (AvgIpc) is 2.88. The van der Waals surface area contributed by atoms with Crippen molar-refractivity contribution in [3.63, 3.8) is 0 Å². The summed E-state index contributed by atoms with van der Waals surface area (Å²) in [4.78, 5) is 33.5. The first-order valence-electron chi connectivity index (χ1n) is 12.2. The Balaban J connectivity index is 1.12. The van der Waals surface area contributed by atoms with Gasteiger partial charge in [-0.15, -0.1) is 0 Å². The number of halogens is 2. The fourth-order valence-electron chi connectivity index (χ4n) is 4.59. The molecule has 0 N–H and O–H groups in total. The Hall–Kier alpha value is -3.10. The average molecular weight is 483 g/mol. The second-order valence-corrected chi connectivity index (χ2v) is 9.06. The van der Waals surface area contributed by atoms with Gasteiger partial charge in [-0.1, -0.05) is 18.2 Å². The molecule has 2 fully saturated rings. The number of benzene rings is 2. The number of rotatable bonds is 7. The molecule has 8 heteroatoms. The van der Waals surface area contributed by atoms with Crippen molar-refractivity contribution in [3.8, 4) is 0 Å². The maximum absolute atomic E-state index is 13.3. The lowest BCUT2D eigenvalue weighted by atomic mass is 10.2. The molecule has 186 valence electrons. The van der Waals surface area contributed by atoms with Crippen LogP contribution in [0.3, 0.4) is 0 Å². The lowest BCUT2D eigenvalue weighted by Gasteiger charge is -2.36. The van der Waals surface area contributed by atoms with Gasteiger partial charge in [-0.2, -0.15) is 0 Å². The highest BCUT2D eigenvalue weighted by Crippen LogP contribution is 2.12. The molecule has 0 bridgehead atoms. The summed E-state index contributed by atoms with van der Waals surface area (Å²) in [6.45, 7) is 8.17. The monoisotopic (exact) mass is 482 g/mol. The van der Waals surface area contributed by atoms with Crippen molar-refractivity contribution < 1.29 is 18.4 Å². The Morgan fingerprint density at radius 1 is 0.743 bits per heavy atom. The molecule has 0 spiro atoms. The summed E-state index contributed by atoms with van der Waals surface area (Å²) in [7, 11) is 0. The number of nitrogens with zero attached hydrogens (tertiary/aromatic N) is 4. The molecule has 4 rings (SSSR count). The van der Waals surface area contributed by atoms with Crippen LogP contribution in [0.2, 0.25) is 0 Å². The van der Waals surface area contributed by atoms with Crippen LogP contribution in [0.1, 0.15) is 22.3 Å². The molecule has 2 aromatic carbocycles. The minimum absolute atomic E-state index is 0.107. The maximum atomic E-state index is 13.3. The smallest absolute Gasteiger partial charge is 0.253 e. The van der Waals surface area contributed by atoms with E-state index in [-0.39, 0.29) is 11.8 Å². The molecule has 0 aliphatic carbocycles. The molecule has 35 heavy (non-hydrogen) atoms. The molecule has 0 saturated carbocycles. The molecule has 0 aromatic heterocycles. The van der Waals surface area contributed by atoms with Crippen molar-refractivity contribution in [2.45, 2.75) is 6.42 Å². The molecule has 2 heterocycles. The molecular formula is C27H32F2N4O2. The van der Waals surface area contributed by atoms with E-state index in [0.29, 0.717) is 18.7 Å². The quantitative estimate of drug-likeness (QED) is 0.570. The van der Waals surface area contributed by atoms with Gasteiger partial charge in [0.15, 0.2) is 0 Å². The summed E-state index contributed by atoms with van der Waals surface area (Å²) in [5.41, 5.74) is 1.08. The van der Waals surface area contributed by atoms with Crippen LogP contribution in [0.25, 0.3) is 6.08 Å². The van der Waals surface area contributed by atoms with Gasteiger partial charge in [-0.25, -0.2) is 8.78 Å². The summed E-state index contributed by atoms with van der Waals surface area (Å²) in [5, 5.41) is 0. The topological polar surface area (TPSA) is 47.1 Å². The first-order chi connectivity index (χ1) is 17.0. The highest BCUT2D eigenvalue weighted by Gasteiger charge is 2.23. The van der Waals surface area contributed by atoms with Crippen LogP contribution in [-0.2, 0) is 4.79 Å². The van der Waals surface area contributed by atoms with Crippen LogP contribution in [-0.4, -0.2) is 96.9 Å². The first kappa shape index (κ1) is 25.0. The third-order valence-corrected chi connectivity index (χ3v) is 6.62. The molecule has 2 amide bonds. The Kier molecular flexibility index (Phi) is 8.60. The SMILES string of the molecule is O=C(/C=C/c1cc(F)cc(F)c1)N1CCN(CCCN2CCN(C(=O)c3ccccc3)CC2)CC1. The zero-order valence-corrected chi connectivity index (χ0v) is 19.9. The van der Waals surface area contributed by atoms with E-state index in [1.807, 2.05) is 35.2 Å². The predicted molar refractivity (Wildman–Crippen MR) is 132 cm³/mol. The van der Waals surface area contributed by atoms with Crippen molar-refractivity contribution >= 4 is 17.9 Å². The van der Waals surface area contributed by atoms with Crippen molar-refractivity contribution in [2.75, 3.05) is 65.4 Å². The molecule has 2 aliphatic heterocycles. The number of amides is 2. The van der Waals surface area contributed by atoms with Gasteiger partial charge in [0.1, 0.15) is 11.6 Å². The fourth-order valence-corrected chi connectivity index (χ4v) is 4.59. The highest BCUT2D eigenvalue weighted by molar-refractivity contribution is 5.94. The van der Waals surface area contributed by atoms with Crippen LogP contribution in [0.4, 0.5) is 8.78 Å². The predicted octanol–water partition coefficient (Wildman–Crippen LogP) is 2.97. The van der Waals surface area contributed by atoms with E-state index in [0.717, 1.165) is 70.4 Å². The normalized spacial score (nSPS) is 17.8. The van der Waals surface area contributed by atoms with Crippen molar-refractivity contribution in [3.05, 3.63) is 77.4 Å². The van der Waals surface area contributed by atoms with E-state index in [1.165, 1.54) is 24.3 Å². The van der Waals surface area contributed by atoms with Crippen LogP contribution >= 0.6 is 0 Å². The number of hydrogen-bond donors (Lipinski definition) is 0. The maximum Gasteiger partial charge on any atom is 0.253 e. The van der Waals surface area contributed by atoms with Gasteiger partial charge in [0, 0.05) is 70.1 Å². The number of piperazine rings is 2. The van der Waals surface area contributed by atoms with E-state index < -0.39 is 11.6 Å². The minimum atomic E-state index is -0.659. The Labute approximate surface area is 205 Å². The molecule has 2 aliphatic rings. The third-order valence-electron chi connectivity index (χ3n) is 6.62. The summed E-state index contributed by atoms with van der Waals surface area (Å²) >= 11 is 0. The van der Waals surface area contributed by atoms with Gasteiger partial charge in [0.25, 0.3) is 5.91 Å². The van der Waals surface area contributed by atoms with Crippen molar-refractivity contribution in [1.29, 1.82) is 0 Å². The number of carbonyl (C=O) groups is 2. The number of hydrogen-bond acceptors (Lipinski definition) is 4. The Morgan fingerprint density at radius 2 is 1.29 bits per heavy atom. The lowest BCUT2D eigenvalue weighted by Crippen LogP contribution is -2.50. The molecule has 2 aromatic rings. The molecular weight excluding hydrogens is 450 g/mol. The van der Waals surface area contributed by atoms with Crippen LogP contribution in [0.5, 0.6) is 0 Å². The molecule has 0 radical (unpaired) electrons. The third kappa shape index (κ3) is 7.19. The first-order valence-corrected chi connectivity index (χ1v) is 12.2. The largest absolute Gasteiger partial charge is 0.337 e. The van der Waals surface area contributed by atoms with Gasteiger partial charge < -0.3 is 9.80 Å². The van der Waals surface area contributed by atoms with Gasteiger partial charge >= 0.3 is 0 Å². The second-order valence-electron chi connectivity index (χ2n) is 9.06. The van der Waals surface area contributed by atoms with Gasteiger partial charge in [0.2, 0.25) is 5.91 Å². The van der Waals surface area contributed by atoms with Crippen molar-refractivity contribution in [1.82, 2.24) is 19.6 Å². The summed E-state index contributed by atoms with van der Waals surface area (Å²) in [6, 6.07) is 12.6. The fraction of sp³-hybridized carbons (Fsp3) is 0.407. The molecule has 6 nitrogen and oxygen atoms in total. The summed E-state index contributed by atoms with van der Waals surface area (Å²) in [5.74, 6) is -1.35. The molecule has 0 unspecified atom stereocenters. The zero-order chi connectivity index (χ0) is 24.6. The second kappa shape index (κ2) is 12.0. The number of carbonyl (C=O) groups excluding carboxylic acids is 2. The van der Waals surface area contributed by atoms with Crippen LogP contribution in [0.15, 0.2) is 54.6 Å². The molecule has 2 saturated heterocycles. The van der Waals surface area contributed by atoms with E-state index in [9.17, 15) is 18.4 Å². The summed E-state index contributed by atoms with van der Waals surface area (Å²) in [6.07, 6.45) is 3.88. The van der Waals surface area contributed by atoms with E-state index in [2.05, 4.69) is 9.80 Å². The van der Waals surface area contributed by atoms with Gasteiger partial charge in [-0.3, -0.25) is 19.4 Å². The minimum Gasteiger partial charge on any atom is -0.337 e. The van der Waals surface area contributed by atoms with Crippen LogP contribution < -0.4 is 0 Å². The highest BCUT2D eigenvalue weighted by atomic mass is 19.1. The lowest BCUT2D eigenvalue weighted by molar-refractivity contribution is -0.127.